The van der Waals surface area contributed by atoms with Crippen molar-refractivity contribution < 1.29 is 28.5 Å². The Hall–Kier alpha value is -4.46. The molecule has 1 aliphatic heterocycles. The van der Waals surface area contributed by atoms with Crippen LogP contribution in [0.5, 0.6) is 23.0 Å². The number of carbonyl (C=O) groups is 2. The quantitative estimate of drug-likeness (QED) is 0.461. The number of hydrogen-bond acceptors (Lipinski definition) is 6. The summed E-state index contributed by atoms with van der Waals surface area (Å²) in [5, 5.41) is 2.89. The first-order valence-electron chi connectivity index (χ1n) is 11.4. The third kappa shape index (κ3) is 5.60. The highest BCUT2D eigenvalue weighted by molar-refractivity contribution is 6.12. The lowest BCUT2D eigenvalue weighted by Gasteiger charge is -2.30. The van der Waals surface area contributed by atoms with Crippen LogP contribution in [0.1, 0.15) is 11.1 Å². The molecule has 2 amide bonds. The fourth-order valence-electron chi connectivity index (χ4n) is 3.85. The van der Waals surface area contributed by atoms with Gasteiger partial charge in [-0.2, -0.15) is 0 Å². The van der Waals surface area contributed by atoms with E-state index in [1.54, 1.807) is 57.7 Å². The minimum Gasteiger partial charge on any atom is -0.497 e. The molecule has 0 atom stereocenters. The van der Waals surface area contributed by atoms with Crippen LogP contribution in [0.2, 0.25) is 0 Å². The number of fused-ring (bicyclic) bond motifs is 1. The Bertz CT molecular complexity index is 1270. The van der Waals surface area contributed by atoms with E-state index in [0.29, 0.717) is 41.7 Å². The van der Waals surface area contributed by atoms with Crippen molar-refractivity contribution in [1.82, 2.24) is 5.32 Å². The van der Waals surface area contributed by atoms with Crippen LogP contribution in [-0.2, 0) is 16.0 Å². The summed E-state index contributed by atoms with van der Waals surface area (Å²) in [6.07, 6.45) is 2.25. The summed E-state index contributed by atoms with van der Waals surface area (Å²) in [6, 6.07) is 20.0. The lowest BCUT2D eigenvalue weighted by Crippen LogP contribution is -2.44. The number of benzene rings is 3. The summed E-state index contributed by atoms with van der Waals surface area (Å²) in [5.41, 5.74) is 2.31. The fourth-order valence-corrected chi connectivity index (χ4v) is 3.85. The first-order valence-corrected chi connectivity index (χ1v) is 11.4. The van der Waals surface area contributed by atoms with Gasteiger partial charge in [-0.15, -0.1) is 0 Å². The van der Waals surface area contributed by atoms with Gasteiger partial charge in [0.2, 0.25) is 5.91 Å². The molecule has 0 unspecified atom stereocenters. The van der Waals surface area contributed by atoms with E-state index in [-0.39, 0.29) is 24.1 Å². The van der Waals surface area contributed by atoms with Crippen molar-refractivity contribution >= 4 is 23.6 Å². The Kier molecular flexibility index (Phi) is 7.75. The first-order chi connectivity index (χ1) is 17.5. The second-order valence-corrected chi connectivity index (χ2v) is 8.03. The van der Waals surface area contributed by atoms with Crippen LogP contribution < -0.4 is 29.2 Å². The van der Waals surface area contributed by atoms with Crippen LogP contribution in [0.4, 0.5) is 5.69 Å². The average Bonchev–Trinajstić information content (AvgIpc) is 2.91. The maximum absolute atomic E-state index is 13.3. The molecule has 1 aliphatic rings. The molecule has 8 heteroatoms. The Balaban J connectivity index is 1.44. The van der Waals surface area contributed by atoms with Crippen molar-refractivity contribution in [1.29, 1.82) is 0 Å². The van der Waals surface area contributed by atoms with Crippen molar-refractivity contribution in [3.8, 4) is 23.0 Å². The molecule has 0 spiro atoms. The van der Waals surface area contributed by atoms with Crippen LogP contribution in [-0.4, -0.2) is 46.2 Å². The van der Waals surface area contributed by atoms with Crippen molar-refractivity contribution in [2.75, 3.05) is 39.3 Å². The molecule has 3 aromatic rings. The maximum Gasteiger partial charge on any atom is 0.294 e. The molecule has 4 rings (SSSR count). The number of hydrogen-bond donors (Lipinski definition) is 1. The van der Waals surface area contributed by atoms with E-state index in [4.69, 9.17) is 18.9 Å². The van der Waals surface area contributed by atoms with Gasteiger partial charge in [0, 0.05) is 6.54 Å². The molecule has 0 saturated carbocycles. The van der Waals surface area contributed by atoms with Crippen LogP contribution in [0.15, 0.2) is 72.5 Å². The maximum atomic E-state index is 13.3. The molecule has 0 bridgehead atoms. The standard InChI is InChI=1S/C28H28N2O6/c1-33-21-11-8-19(9-12-21)17-26-28(32)30(22-6-4-5-7-23(22)36-26)18-27(31)29-15-14-20-10-13-24(34-2)25(16-20)35-3/h4-13,16-17H,14-15,18H2,1-3H3,(H,29,31)/b26-17+. The molecular formula is C28H28N2O6. The van der Waals surface area contributed by atoms with Gasteiger partial charge in [0.1, 0.15) is 12.3 Å². The van der Waals surface area contributed by atoms with Crippen LogP contribution >= 0.6 is 0 Å². The number of carbonyl (C=O) groups excluding carboxylic acids is 2. The SMILES string of the molecule is COc1ccc(/C=C2/Oc3ccccc3N(CC(=O)NCCc3ccc(OC)c(OC)c3)C2=O)cc1. The smallest absolute Gasteiger partial charge is 0.294 e. The number of para-hydroxylation sites is 2. The number of anilines is 1. The number of nitrogens with zero attached hydrogens (tertiary/aromatic N) is 1. The highest BCUT2D eigenvalue weighted by Gasteiger charge is 2.31. The number of amides is 2. The van der Waals surface area contributed by atoms with Crippen molar-refractivity contribution in [3.63, 3.8) is 0 Å². The second kappa shape index (κ2) is 11.3. The van der Waals surface area contributed by atoms with E-state index in [0.717, 1.165) is 11.1 Å². The van der Waals surface area contributed by atoms with Gasteiger partial charge >= 0.3 is 0 Å². The van der Waals surface area contributed by atoms with Gasteiger partial charge < -0.3 is 24.3 Å². The summed E-state index contributed by atoms with van der Waals surface area (Å²) in [5.74, 6) is 1.97. The van der Waals surface area contributed by atoms with Gasteiger partial charge in [0.25, 0.3) is 5.91 Å². The molecule has 8 nitrogen and oxygen atoms in total. The molecule has 36 heavy (non-hydrogen) atoms. The molecule has 0 radical (unpaired) electrons. The third-order valence-electron chi connectivity index (χ3n) is 5.73. The van der Waals surface area contributed by atoms with E-state index in [9.17, 15) is 9.59 Å². The molecule has 1 heterocycles. The normalized spacial score (nSPS) is 13.6. The molecule has 1 N–H and O–H groups in total. The Labute approximate surface area is 210 Å². The predicted octanol–water partition coefficient (Wildman–Crippen LogP) is 3.84. The Morgan fingerprint density at radius 3 is 2.42 bits per heavy atom. The zero-order valence-electron chi connectivity index (χ0n) is 20.4. The van der Waals surface area contributed by atoms with Crippen LogP contribution in [0.25, 0.3) is 6.08 Å². The third-order valence-corrected chi connectivity index (χ3v) is 5.73. The van der Waals surface area contributed by atoms with E-state index in [1.807, 2.05) is 36.4 Å². The Morgan fingerprint density at radius 1 is 0.944 bits per heavy atom. The molecule has 0 aromatic heterocycles. The summed E-state index contributed by atoms with van der Waals surface area (Å²) < 4.78 is 21.7. The summed E-state index contributed by atoms with van der Waals surface area (Å²) in [7, 11) is 4.76. The minimum absolute atomic E-state index is 0.134. The molecule has 0 aliphatic carbocycles. The number of methoxy groups -OCH3 is 3. The lowest BCUT2D eigenvalue weighted by molar-refractivity contribution is -0.123. The van der Waals surface area contributed by atoms with Crippen molar-refractivity contribution in [2.24, 2.45) is 0 Å². The molecule has 0 saturated heterocycles. The molecule has 3 aromatic carbocycles. The van der Waals surface area contributed by atoms with E-state index >= 15 is 0 Å². The van der Waals surface area contributed by atoms with Gasteiger partial charge in [-0.25, -0.2) is 0 Å². The van der Waals surface area contributed by atoms with Crippen molar-refractivity contribution in [3.05, 3.63) is 83.6 Å². The van der Waals surface area contributed by atoms with E-state index < -0.39 is 0 Å². The minimum atomic E-state index is -0.389. The largest absolute Gasteiger partial charge is 0.497 e. The molecular weight excluding hydrogens is 460 g/mol. The average molecular weight is 489 g/mol. The van der Waals surface area contributed by atoms with E-state index in [1.165, 1.54) is 4.90 Å². The van der Waals surface area contributed by atoms with Crippen LogP contribution in [0, 0.1) is 0 Å². The topological polar surface area (TPSA) is 86.3 Å². The lowest BCUT2D eigenvalue weighted by atomic mass is 10.1. The van der Waals surface area contributed by atoms with Gasteiger partial charge in [0.05, 0.1) is 27.0 Å². The zero-order valence-corrected chi connectivity index (χ0v) is 20.4. The van der Waals surface area contributed by atoms with Gasteiger partial charge in [0.15, 0.2) is 23.0 Å². The zero-order chi connectivity index (χ0) is 25.5. The van der Waals surface area contributed by atoms with E-state index in [2.05, 4.69) is 5.32 Å². The van der Waals surface area contributed by atoms with Gasteiger partial charge in [-0.3, -0.25) is 14.5 Å². The predicted molar refractivity (Wildman–Crippen MR) is 137 cm³/mol. The van der Waals surface area contributed by atoms with Gasteiger partial charge in [-0.05, 0) is 60.0 Å². The number of nitrogens with one attached hydrogen (secondary N) is 1. The molecule has 0 fully saturated rings. The monoisotopic (exact) mass is 488 g/mol. The highest BCUT2D eigenvalue weighted by Crippen LogP contribution is 2.35. The number of ether oxygens (including phenoxy) is 4. The van der Waals surface area contributed by atoms with Crippen LogP contribution in [0.3, 0.4) is 0 Å². The highest BCUT2D eigenvalue weighted by atomic mass is 16.5. The summed E-state index contributed by atoms with van der Waals surface area (Å²) in [4.78, 5) is 27.5. The summed E-state index contributed by atoms with van der Waals surface area (Å²) >= 11 is 0. The summed E-state index contributed by atoms with van der Waals surface area (Å²) in [6.45, 7) is 0.272. The fraction of sp³-hybridized carbons (Fsp3) is 0.214. The first kappa shape index (κ1) is 24.7. The second-order valence-electron chi connectivity index (χ2n) is 8.03. The molecule has 186 valence electrons. The van der Waals surface area contributed by atoms with Gasteiger partial charge in [-0.1, -0.05) is 30.3 Å². The van der Waals surface area contributed by atoms with Crippen molar-refractivity contribution in [2.45, 2.75) is 6.42 Å². The number of rotatable bonds is 9. The Morgan fingerprint density at radius 2 is 1.69 bits per heavy atom.